The van der Waals surface area contributed by atoms with E-state index in [4.69, 9.17) is 5.84 Å². The molecule has 0 aromatic carbocycles. The van der Waals surface area contributed by atoms with Crippen molar-refractivity contribution in [1.82, 2.24) is 20.2 Å². The van der Waals surface area contributed by atoms with Crippen molar-refractivity contribution in [2.75, 3.05) is 18.5 Å². The van der Waals surface area contributed by atoms with Gasteiger partial charge in [0.2, 0.25) is 5.91 Å². The molecule has 98 valence electrons. The number of nitrogens with two attached hydrogens (primary N) is 1. The number of nitrogens with zero attached hydrogens (tertiary/aromatic N) is 3. The Labute approximate surface area is 106 Å². The maximum Gasteiger partial charge on any atom is 0.240 e. The smallest absolute Gasteiger partial charge is 0.240 e. The molecule has 1 aliphatic rings. The molecule has 0 aliphatic carbocycles. The number of piperazine rings is 1. The number of amides is 1. The van der Waals surface area contributed by atoms with Gasteiger partial charge in [-0.1, -0.05) is 0 Å². The lowest BCUT2D eigenvalue weighted by molar-refractivity contribution is -0.135. The zero-order valence-corrected chi connectivity index (χ0v) is 10.6. The van der Waals surface area contributed by atoms with Crippen LogP contribution in [0.1, 0.15) is 19.5 Å². The van der Waals surface area contributed by atoms with Gasteiger partial charge >= 0.3 is 0 Å². The van der Waals surface area contributed by atoms with Gasteiger partial charge in [-0.2, -0.15) is 0 Å². The fraction of sp³-hybridized carbons (Fsp3) is 0.545. The zero-order chi connectivity index (χ0) is 13.2. The Kier molecular flexibility index (Phi) is 3.44. The predicted octanol–water partition coefficient (Wildman–Crippen LogP) is -0.527. The van der Waals surface area contributed by atoms with Crippen molar-refractivity contribution in [2.45, 2.75) is 25.9 Å². The number of nitrogen functional groups attached to an aromatic ring is 1. The first kappa shape index (κ1) is 12.7. The Balaban J connectivity index is 2.09. The molecule has 0 radical (unpaired) electrons. The lowest BCUT2D eigenvalue weighted by Crippen LogP contribution is -2.61. The summed E-state index contributed by atoms with van der Waals surface area (Å²) in [5, 5.41) is 2.86. The molecule has 18 heavy (non-hydrogen) atoms. The molecule has 0 atom stereocenters. The molecule has 1 amide bonds. The number of carbonyl (C=O) groups is 1. The van der Waals surface area contributed by atoms with Crippen LogP contribution in [0, 0.1) is 0 Å². The van der Waals surface area contributed by atoms with E-state index >= 15 is 0 Å². The highest BCUT2D eigenvalue weighted by Gasteiger charge is 2.37. The fourth-order valence-electron chi connectivity index (χ4n) is 1.93. The van der Waals surface area contributed by atoms with Crippen LogP contribution in [0.2, 0.25) is 0 Å². The van der Waals surface area contributed by atoms with E-state index in [-0.39, 0.29) is 5.91 Å². The van der Waals surface area contributed by atoms with Crippen LogP contribution in [0.15, 0.2) is 12.4 Å². The Bertz CT molecular complexity index is 430. The van der Waals surface area contributed by atoms with Crippen LogP contribution in [0.5, 0.6) is 0 Å². The number of anilines is 1. The predicted molar refractivity (Wildman–Crippen MR) is 67.3 cm³/mol. The van der Waals surface area contributed by atoms with Crippen LogP contribution in [-0.4, -0.2) is 39.4 Å². The number of hydrazine groups is 1. The maximum atomic E-state index is 11.8. The van der Waals surface area contributed by atoms with E-state index in [1.165, 1.54) is 0 Å². The summed E-state index contributed by atoms with van der Waals surface area (Å²) in [6.45, 7) is 5.88. The van der Waals surface area contributed by atoms with Crippen molar-refractivity contribution in [3.05, 3.63) is 18.1 Å². The van der Waals surface area contributed by atoms with Crippen molar-refractivity contribution >= 4 is 11.7 Å². The molecule has 1 aromatic heterocycles. The molecule has 2 heterocycles. The van der Waals surface area contributed by atoms with E-state index in [1.54, 1.807) is 12.4 Å². The fourth-order valence-corrected chi connectivity index (χ4v) is 1.93. The van der Waals surface area contributed by atoms with Crippen molar-refractivity contribution in [2.24, 2.45) is 5.84 Å². The number of hydrogen-bond acceptors (Lipinski definition) is 6. The average Bonchev–Trinajstić information content (AvgIpc) is 2.36. The van der Waals surface area contributed by atoms with Gasteiger partial charge in [0, 0.05) is 19.6 Å². The summed E-state index contributed by atoms with van der Waals surface area (Å²) in [6, 6.07) is 0. The molecule has 0 saturated carbocycles. The standard InChI is InChI=1S/C11H18N6O/c1-11(2)10(18)13-3-4-17(11)7-8-5-15-9(16-12)6-14-8/h5-6H,3-4,7,12H2,1-2H3,(H,13,18)(H,15,16). The summed E-state index contributed by atoms with van der Waals surface area (Å²) in [4.78, 5) is 22.2. The molecular weight excluding hydrogens is 232 g/mol. The number of hydrogen-bond donors (Lipinski definition) is 3. The monoisotopic (exact) mass is 250 g/mol. The molecule has 4 N–H and O–H groups in total. The highest BCUT2D eigenvalue weighted by Crippen LogP contribution is 2.19. The summed E-state index contributed by atoms with van der Waals surface area (Å²) < 4.78 is 0. The molecule has 1 fully saturated rings. The molecule has 0 bridgehead atoms. The summed E-state index contributed by atoms with van der Waals surface area (Å²) in [6.07, 6.45) is 3.24. The highest BCUT2D eigenvalue weighted by atomic mass is 16.2. The molecule has 1 aromatic rings. The number of rotatable bonds is 3. The molecule has 7 nitrogen and oxygen atoms in total. The second kappa shape index (κ2) is 4.87. The first-order valence-corrected chi connectivity index (χ1v) is 5.85. The second-order valence-electron chi connectivity index (χ2n) is 4.77. The molecule has 1 saturated heterocycles. The van der Waals surface area contributed by atoms with Gasteiger partial charge < -0.3 is 10.7 Å². The summed E-state index contributed by atoms with van der Waals surface area (Å²) in [7, 11) is 0. The van der Waals surface area contributed by atoms with Gasteiger partial charge in [-0.15, -0.1) is 0 Å². The Morgan fingerprint density at radius 2 is 2.28 bits per heavy atom. The van der Waals surface area contributed by atoms with E-state index in [1.807, 2.05) is 13.8 Å². The minimum atomic E-state index is -0.523. The Morgan fingerprint density at radius 1 is 1.50 bits per heavy atom. The second-order valence-corrected chi connectivity index (χ2v) is 4.77. The minimum Gasteiger partial charge on any atom is -0.353 e. The lowest BCUT2D eigenvalue weighted by atomic mass is 9.99. The van der Waals surface area contributed by atoms with Crippen LogP contribution in [0.4, 0.5) is 5.82 Å². The van der Waals surface area contributed by atoms with Crippen molar-refractivity contribution in [3.8, 4) is 0 Å². The van der Waals surface area contributed by atoms with E-state index in [2.05, 4.69) is 25.6 Å². The van der Waals surface area contributed by atoms with Gasteiger partial charge in [-0.25, -0.2) is 10.8 Å². The van der Waals surface area contributed by atoms with E-state index in [0.29, 0.717) is 18.9 Å². The topological polar surface area (TPSA) is 96.2 Å². The maximum absolute atomic E-state index is 11.8. The summed E-state index contributed by atoms with van der Waals surface area (Å²) >= 11 is 0. The molecule has 1 aliphatic heterocycles. The van der Waals surface area contributed by atoms with E-state index < -0.39 is 5.54 Å². The summed E-state index contributed by atoms with van der Waals surface area (Å²) in [5.74, 6) is 5.80. The number of aromatic nitrogens is 2. The van der Waals surface area contributed by atoms with Gasteiger partial charge in [0.1, 0.15) is 0 Å². The molecule has 2 rings (SSSR count). The molecule has 7 heteroatoms. The van der Waals surface area contributed by atoms with Gasteiger partial charge in [0.05, 0.1) is 23.6 Å². The van der Waals surface area contributed by atoms with E-state index in [0.717, 1.165) is 12.2 Å². The largest absolute Gasteiger partial charge is 0.353 e. The first-order chi connectivity index (χ1) is 8.54. The van der Waals surface area contributed by atoms with Gasteiger partial charge in [0.25, 0.3) is 0 Å². The summed E-state index contributed by atoms with van der Waals surface area (Å²) in [5.41, 5.74) is 2.72. The highest BCUT2D eigenvalue weighted by molar-refractivity contribution is 5.86. The third-order valence-electron chi connectivity index (χ3n) is 3.22. The van der Waals surface area contributed by atoms with Crippen molar-refractivity contribution in [3.63, 3.8) is 0 Å². The third-order valence-corrected chi connectivity index (χ3v) is 3.22. The zero-order valence-electron chi connectivity index (χ0n) is 10.6. The number of carbonyl (C=O) groups excluding carboxylic acids is 1. The minimum absolute atomic E-state index is 0.0435. The quantitative estimate of drug-likeness (QED) is 0.493. The van der Waals surface area contributed by atoms with Gasteiger partial charge in [-0.3, -0.25) is 14.7 Å². The van der Waals surface area contributed by atoms with Crippen LogP contribution in [-0.2, 0) is 11.3 Å². The first-order valence-electron chi connectivity index (χ1n) is 5.85. The van der Waals surface area contributed by atoms with Gasteiger partial charge in [-0.05, 0) is 13.8 Å². The molecule has 0 spiro atoms. The van der Waals surface area contributed by atoms with Crippen molar-refractivity contribution < 1.29 is 4.79 Å². The number of nitrogens with one attached hydrogen (secondary N) is 2. The van der Waals surface area contributed by atoms with Crippen LogP contribution in [0.3, 0.4) is 0 Å². The van der Waals surface area contributed by atoms with Gasteiger partial charge in [0.15, 0.2) is 5.82 Å². The van der Waals surface area contributed by atoms with Crippen molar-refractivity contribution in [1.29, 1.82) is 0 Å². The molecular formula is C11H18N6O. The SMILES string of the molecule is CC1(C)C(=O)NCCN1Cc1cnc(NN)cn1. The van der Waals surface area contributed by atoms with Crippen LogP contribution >= 0.6 is 0 Å². The average molecular weight is 250 g/mol. The normalized spacial score (nSPS) is 19.4. The molecule has 0 unspecified atom stereocenters. The van der Waals surface area contributed by atoms with Crippen LogP contribution < -0.4 is 16.6 Å². The van der Waals surface area contributed by atoms with E-state index in [9.17, 15) is 4.79 Å². The Hall–Kier alpha value is -1.73. The van der Waals surface area contributed by atoms with Crippen LogP contribution in [0.25, 0.3) is 0 Å². The third kappa shape index (κ3) is 2.41. The lowest BCUT2D eigenvalue weighted by Gasteiger charge is -2.40. The Morgan fingerprint density at radius 3 is 2.89 bits per heavy atom.